The SMILES string of the molecule is CC1=C(C(=O)Nc2ccc(Br)cc2)C(c2c(O)ccc3ccccc23)NC(=O)N1. The van der Waals surface area contributed by atoms with Crippen LogP contribution in [-0.2, 0) is 4.79 Å². The fraction of sp³-hybridized carbons (Fsp3) is 0.0909. The minimum absolute atomic E-state index is 0.0117. The lowest BCUT2D eigenvalue weighted by Crippen LogP contribution is -2.46. The molecule has 3 aromatic carbocycles. The van der Waals surface area contributed by atoms with Gasteiger partial charge in [0.1, 0.15) is 5.75 Å². The molecule has 0 saturated heterocycles. The minimum Gasteiger partial charge on any atom is -0.508 e. The molecule has 1 aliphatic heterocycles. The number of halogens is 1. The molecular weight excluding hydrogens is 434 g/mol. The van der Waals surface area contributed by atoms with E-state index < -0.39 is 12.1 Å². The van der Waals surface area contributed by atoms with E-state index in [0.29, 0.717) is 22.5 Å². The molecule has 3 aromatic rings. The molecule has 4 N–H and O–H groups in total. The molecule has 29 heavy (non-hydrogen) atoms. The van der Waals surface area contributed by atoms with Crippen molar-refractivity contribution < 1.29 is 14.7 Å². The monoisotopic (exact) mass is 451 g/mol. The van der Waals surface area contributed by atoms with Gasteiger partial charge in [0.15, 0.2) is 0 Å². The number of aromatic hydroxyl groups is 1. The summed E-state index contributed by atoms with van der Waals surface area (Å²) in [4.78, 5) is 25.3. The number of nitrogens with one attached hydrogen (secondary N) is 3. The maximum Gasteiger partial charge on any atom is 0.319 e. The lowest BCUT2D eigenvalue weighted by molar-refractivity contribution is -0.113. The van der Waals surface area contributed by atoms with Gasteiger partial charge >= 0.3 is 6.03 Å². The molecule has 1 atom stereocenters. The van der Waals surface area contributed by atoms with Gasteiger partial charge in [-0.3, -0.25) is 4.79 Å². The minimum atomic E-state index is -0.801. The summed E-state index contributed by atoms with van der Waals surface area (Å²) in [5.74, 6) is -0.354. The number of phenolic OH excluding ortho intramolecular Hbond substituents is 1. The van der Waals surface area contributed by atoms with Crippen molar-refractivity contribution in [2.75, 3.05) is 5.32 Å². The number of rotatable bonds is 3. The number of hydrogen-bond acceptors (Lipinski definition) is 3. The van der Waals surface area contributed by atoms with Gasteiger partial charge in [0, 0.05) is 21.4 Å². The highest BCUT2D eigenvalue weighted by Crippen LogP contribution is 2.38. The fourth-order valence-corrected chi connectivity index (χ4v) is 3.79. The van der Waals surface area contributed by atoms with E-state index in [1.54, 1.807) is 31.2 Å². The van der Waals surface area contributed by atoms with E-state index in [4.69, 9.17) is 0 Å². The van der Waals surface area contributed by atoms with Crippen LogP contribution in [0.1, 0.15) is 18.5 Å². The van der Waals surface area contributed by atoms with E-state index in [9.17, 15) is 14.7 Å². The summed E-state index contributed by atoms with van der Waals surface area (Å²) in [6.07, 6.45) is 0. The van der Waals surface area contributed by atoms with Crippen molar-refractivity contribution in [3.63, 3.8) is 0 Å². The first kappa shape index (κ1) is 19.0. The summed E-state index contributed by atoms with van der Waals surface area (Å²) in [5, 5.41) is 20.6. The number of benzene rings is 3. The molecule has 1 heterocycles. The van der Waals surface area contributed by atoms with Crippen LogP contribution in [0.25, 0.3) is 10.8 Å². The molecule has 0 saturated carbocycles. The smallest absolute Gasteiger partial charge is 0.319 e. The van der Waals surface area contributed by atoms with E-state index in [0.717, 1.165) is 15.2 Å². The molecule has 0 aliphatic carbocycles. The first-order valence-electron chi connectivity index (χ1n) is 9.00. The maximum absolute atomic E-state index is 13.1. The molecule has 0 aromatic heterocycles. The van der Waals surface area contributed by atoms with E-state index in [-0.39, 0.29) is 11.7 Å². The van der Waals surface area contributed by atoms with Gasteiger partial charge in [-0.25, -0.2) is 4.79 Å². The van der Waals surface area contributed by atoms with Gasteiger partial charge in [-0.1, -0.05) is 46.3 Å². The van der Waals surface area contributed by atoms with E-state index in [1.807, 2.05) is 36.4 Å². The zero-order chi connectivity index (χ0) is 20.5. The Kier molecular flexibility index (Phi) is 4.98. The predicted molar refractivity (Wildman–Crippen MR) is 115 cm³/mol. The summed E-state index contributed by atoms with van der Waals surface area (Å²) >= 11 is 3.37. The second-order valence-corrected chi connectivity index (χ2v) is 7.67. The normalized spacial score (nSPS) is 16.3. The molecule has 4 rings (SSSR count). The third kappa shape index (κ3) is 3.69. The van der Waals surface area contributed by atoms with Crippen LogP contribution >= 0.6 is 15.9 Å². The first-order valence-corrected chi connectivity index (χ1v) is 9.79. The van der Waals surface area contributed by atoms with Crippen LogP contribution in [0.15, 0.2) is 76.4 Å². The number of carbonyl (C=O) groups excluding carboxylic acids is 2. The highest BCUT2D eigenvalue weighted by molar-refractivity contribution is 9.10. The Balaban J connectivity index is 1.80. The van der Waals surface area contributed by atoms with E-state index in [1.165, 1.54) is 0 Å². The Hall–Kier alpha value is -3.32. The predicted octanol–water partition coefficient (Wildman–Crippen LogP) is 4.57. The summed E-state index contributed by atoms with van der Waals surface area (Å²) in [6, 6.07) is 16.9. The number of hydrogen-bond donors (Lipinski definition) is 4. The molecule has 6 nitrogen and oxygen atoms in total. The zero-order valence-electron chi connectivity index (χ0n) is 15.5. The Morgan fingerprint density at radius 1 is 1.07 bits per heavy atom. The topological polar surface area (TPSA) is 90.5 Å². The molecule has 7 heteroatoms. The van der Waals surface area contributed by atoms with Crippen molar-refractivity contribution in [2.24, 2.45) is 0 Å². The van der Waals surface area contributed by atoms with Gasteiger partial charge in [0.25, 0.3) is 5.91 Å². The number of urea groups is 1. The van der Waals surface area contributed by atoms with Crippen LogP contribution < -0.4 is 16.0 Å². The zero-order valence-corrected chi connectivity index (χ0v) is 17.1. The van der Waals surface area contributed by atoms with Crippen molar-refractivity contribution >= 4 is 44.3 Å². The average molecular weight is 452 g/mol. The van der Waals surface area contributed by atoms with Gasteiger partial charge in [0.2, 0.25) is 0 Å². The van der Waals surface area contributed by atoms with Gasteiger partial charge < -0.3 is 21.1 Å². The van der Waals surface area contributed by atoms with E-state index >= 15 is 0 Å². The highest BCUT2D eigenvalue weighted by Gasteiger charge is 2.33. The van der Waals surface area contributed by atoms with Crippen molar-refractivity contribution in [1.82, 2.24) is 10.6 Å². The van der Waals surface area contributed by atoms with Gasteiger partial charge in [0.05, 0.1) is 11.6 Å². The average Bonchev–Trinajstić information content (AvgIpc) is 2.69. The number of fused-ring (bicyclic) bond motifs is 1. The van der Waals surface area contributed by atoms with Crippen LogP contribution in [0.3, 0.4) is 0 Å². The Morgan fingerprint density at radius 3 is 2.55 bits per heavy atom. The van der Waals surface area contributed by atoms with E-state index in [2.05, 4.69) is 31.9 Å². The second kappa shape index (κ2) is 7.60. The number of phenols is 1. The molecular formula is C22H18BrN3O3. The Labute approximate surface area is 175 Å². The lowest BCUT2D eigenvalue weighted by Gasteiger charge is -2.30. The summed E-state index contributed by atoms with van der Waals surface area (Å²) in [5.41, 5.74) is 1.87. The summed E-state index contributed by atoms with van der Waals surface area (Å²) < 4.78 is 0.899. The van der Waals surface area contributed by atoms with Gasteiger partial charge in [-0.2, -0.15) is 0 Å². The molecule has 1 aliphatic rings. The first-order chi connectivity index (χ1) is 13.9. The fourth-order valence-electron chi connectivity index (χ4n) is 3.53. The largest absolute Gasteiger partial charge is 0.508 e. The standard InChI is InChI=1S/C22H18BrN3O3/c1-12-18(21(28)25-15-9-7-14(23)8-10-15)20(26-22(29)24-12)19-16-5-3-2-4-13(16)6-11-17(19)27/h2-11,20,27H,1H3,(H,25,28)(H2,24,26,29). The summed E-state index contributed by atoms with van der Waals surface area (Å²) in [7, 11) is 0. The van der Waals surface area contributed by atoms with Gasteiger partial charge in [-0.05, 0) is 48.0 Å². The molecule has 0 spiro atoms. The number of amides is 3. The Morgan fingerprint density at radius 2 is 1.79 bits per heavy atom. The lowest BCUT2D eigenvalue weighted by atomic mass is 9.90. The molecule has 146 valence electrons. The number of carbonyl (C=O) groups is 2. The van der Waals surface area contributed by atoms with Crippen LogP contribution in [-0.4, -0.2) is 17.0 Å². The quantitative estimate of drug-likeness (QED) is 0.469. The molecule has 3 amide bonds. The van der Waals surface area contributed by atoms with Crippen LogP contribution in [0.4, 0.5) is 10.5 Å². The van der Waals surface area contributed by atoms with Crippen molar-refractivity contribution in [3.8, 4) is 5.75 Å². The van der Waals surface area contributed by atoms with Crippen molar-refractivity contribution in [3.05, 3.63) is 82.0 Å². The van der Waals surface area contributed by atoms with Gasteiger partial charge in [-0.15, -0.1) is 0 Å². The third-order valence-electron chi connectivity index (χ3n) is 4.85. The third-order valence-corrected chi connectivity index (χ3v) is 5.38. The molecule has 0 bridgehead atoms. The summed E-state index contributed by atoms with van der Waals surface area (Å²) in [6.45, 7) is 1.67. The second-order valence-electron chi connectivity index (χ2n) is 6.75. The molecule has 1 unspecified atom stereocenters. The van der Waals surface area contributed by atoms with Crippen molar-refractivity contribution in [1.29, 1.82) is 0 Å². The molecule has 0 radical (unpaired) electrons. The van der Waals surface area contributed by atoms with Crippen LogP contribution in [0.5, 0.6) is 5.75 Å². The maximum atomic E-state index is 13.1. The Bertz CT molecular complexity index is 1160. The highest BCUT2D eigenvalue weighted by atomic mass is 79.9. The van der Waals surface area contributed by atoms with Crippen LogP contribution in [0, 0.1) is 0 Å². The van der Waals surface area contributed by atoms with Crippen LogP contribution in [0.2, 0.25) is 0 Å². The number of anilines is 1. The van der Waals surface area contributed by atoms with Crippen molar-refractivity contribution in [2.45, 2.75) is 13.0 Å². The number of allylic oxidation sites excluding steroid dienone is 1. The molecule has 0 fully saturated rings.